The number of hydrogen-bond donors (Lipinski definition) is 0. The number of benzene rings is 1. The van der Waals surface area contributed by atoms with E-state index in [1.807, 2.05) is 6.07 Å². The number of furan rings is 1. The second kappa shape index (κ2) is 6.50. The molecule has 0 atom stereocenters. The van der Waals surface area contributed by atoms with Crippen LogP contribution in [0.5, 0.6) is 0 Å². The van der Waals surface area contributed by atoms with Crippen molar-refractivity contribution in [3.8, 4) is 0 Å². The Kier molecular flexibility index (Phi) is 4.45. The van der Waals surface area contributed by atoms with E-state index >= 15 is 0 Å². The van der Waals surface area contributed by atoms with E-state index in [9.17, 15) is 4.79 Å². The average molecular weight is 302 g/mol. The molecule has 1 aliphatic heterocycles. The molecule has 0 unspecified atom stereocenters. The summed E-state index contributed by atoms with van der Waals surface area (Å²) in [5.74, 6) is -0.132. The molecule has 1 aromatic heterocycles. The monoisotopic (exact) mass is 302 g/mol. The second-order valence-corrected chi connectivity index (χ2v) is 5.78. The van der Waals surface area contributed by atoms with Crippen LogP contribution in [0.25, 0.3) is 11.0 Å². The molecule has 0 saturated carbocycles. The number of carbonyl (C=O) groups excluding carboxylic acids is 1. The Labute approximate surface area is 130 Å². The summed E-state index contributed by atoms with van der Waals surface area (Å²) in [7, 11) is 2.16. The fourth-order valence-corrected chi connectivity index (χ4v) is 2.76. The van der Waals surface area contributed by atoms with E-state index in [-0.39, 0.29) is 5.76 Å². The zero-order valence-corrected chi connectivity index (χ0v) is 13.2. The van der Waals surface area contributed by atoms with E-state index in [1.165, 1.54) is 5.56 Å². The SMILES string of the molecule is CCOC(=O)c1cc2cc(CN3CCN(C)CC3)ccc2o1. The number of nitrogens with zero attached hydrogens (tertiary/aromatic N) is 2. The van der Waals surface area contributed by atoms with Gasteiger partial charge >= 0.3 is 5.97 Å². The van der Waals surface area contributed by atoms with Gasteiger partial charge in [-0.15, -0.1) is 0 Å². The van der Waals surface area contributed by atoms with Gasteiger partial charge in [0.15, 0.2) is 0 Å². The van der Waals surface area contributed by atoms with Gasteiger partial charge in [0.05, 0.1) is 6.61 Å². The minimum absolute atomic E-state index is 0.272. The topological polar surface area (TPSA) is 45.9 Å². The molecule has 0 N–H and O–H groups in total. The molecule has 5 heteroatoms. The summed E-state index contributed by atoms with van der Waals surface area (Å²) in [6, 6.07) is 7.86. The van der Waals surface area contributed by atoms with Crippen molar-refractivity contribution < 1.29 is 13.9 Å². The first-order valence-corrected chi connectivity index (χ1v) is 7.76. The largest absolute Gasteiger partial charge is 0.460 e. The van der Waals surface area contributed by atoms with Gasteiger partial charge < -0.3 is 14.1 Å². The Morgan fingerprint density at radius 2 is 2.00 bits per heavy atom. The molecule has 0 radical (unpaired) electrons. The number of ether oxygens (including phenoxy) is 1. The molecule has 0 bridgehead atoms. The van der Waals surface area contributed by atoms with Gasteiger partial charge in [-0.25, -0.2) is 4.79 Å². The minimum atomic E-state index is -0.403. The molecule has 1 saturated heterocycles. The summed E-state index contributed by atoms with van der Waals surface area (Å²) in [5, 5.41) is 0.953. The summed E-state index contributed by atoms with van der Waals surface area (Å²) in [6.45, 7) is 7.48. The Morgan fingerprint density at radius 1 is 1.23 bits per heavy atom. The van der Waals surface area contributed by atoms with Crippen LogP contribution in [-0.4, -0.2) is 55.6 Å². The summed E-state index contributed by atoms with van der Waals surface area (Å²) in [6.07, 6.45) is 0. The van der Waals surface area contributed by atoms with Crippen LogP contribution in [-0.2, 0) is 11.3 Å². The highest BCUT2D eigenvalue weighted by atomic mass is 16.5. The van der Waals surface area contributed by atoms with Crippen molar-refractivity contribution in [1.82, 2.24) is 9.80 Å². The summed E-state index contributed by atoms with van der Waals surface area (Å²) >= 11 is 0. The van der Waals surface area contributed by atoms with Gasteiger partial charge in [0.1, 0.15) is 5.58 Å². The lowest BCUT2D eigenvalue weighted by molar-refractivity contribution is 0.0492. The molecule has 5 nitrogen and oxygen atoms in total. The summed E-state index contributed by atoms with van der Waals surface area (Å²) < 4.78 is 10.5. The highest BCUT2D eigenvalue weighted by molar-refractivity contribution is 5.92. The molecule has 1 aliphatic rings. The first-order valence-electron chi connectivity index (χ1n) is 7.76. The highest BCUT2D eigenvalue weighted by Crippen LogP contribution is 2.22. The van der Waals surface area contributed by atoms with Crippen LogP contribution in [0.2, 0.25) is 0 Å². The van der Waals surface area contributed by atoms with Crippen molar-refractivity contribution in [3.05, 3.63) is 35.6 Å². The minimum Gasteiger partial charge on any atom is -0.460 e. The third kappa shape index (κ3) is 3.31. The fraction of sp³-hybridized carbons (Fsp3) is 0.471. The Morgan fingerprint density at radius 3 is 2.73 bits per heavy atom. The van der Waals surface area contributed by atoms with Crippen LogP contribution < -0.4 is 0 Å². The van der Waals surface area contributed by atoms with Gasteiger partial charge in [0.2, 0.25) is 5.76 Å². The van der Waals surface area contributed by atoms with Gasteiger partial charge in [-0.1, -0.05) is 6.07 Å². The molecule has 2 aromatic rings. The lowest BCUT2D eigenvalue weighted by atomic mass is 10.1. The zero-order valence-electron chi connectivity index (χ0n) is 13.2. The van der Waals surface area contributed by atoms with E-state index in [1.54, 1.807) is 13.0 Å². The van der Waals surface area contributed by atoms with Crippen molar-refractivity contribution in [3.63, 3.8) is 0 Å². The van der Waals surface area contributed by atoms with E-state index in [4.69, 9.17) is 9.15 Å². The molecule has 2 heterocycles. The number of rotatable bonds is 4. The number of esters is 1. The van der Waals surface area contributed by atoms with Gasteiger partial charge in [0, 0.05) is 38.1 Å². The maximum atomic E-state index is 11.7. The second-order valence-electron chi connectivity index (χ2n) is 5.78. The van der Waals surface area contributed by atoms with Crippen LogP contribution in [0.4, 0.5) is 0 Å². The Balaban J connectivity index is 1.73. The van der Waals surface area contributed by atoms with Crippen LogP contribution in [0.3, 0.4) is 0 Å². The number of carbonyl (C=O) groups is 1. The number of piperazine rings is 1. The molecule has 0 aliphatic carbocycles. The molecule has 22 heavy (non-hydrogen) atoms. The van der Waals surface area contributed by atoms with Crippen LogP contribution in [0.15, 0.2) is 28.7 Å². The standard InChI is InChI=1S/C17H22N2O3/c1-3-21-17(20)16-11-14-10-13(4-5-15(14)22-16)12-19-8-6-18(2)7-9-19/h4-5,10-11H,3,6-9,12H2,1-2H3. The molecule has 1 aromatic carbocycles. The summed E-state index contributed by atoms with van der Waals surface area (Å²) in [4.78, 5) is 16.5. The quantitative estimate of drug-likeness (QED) is 0.811. The molecule has 1 fully saturated rings. The van der Waals surface area contributed by atoms with Crippen molar-refractivity contribution in [2.75, 3.05) is 39.8 Å². The van der Waals surface area contributed by atoms with Gasteiger partial charge in [-0.3, -0.25) is 4.90 Å². The third-order valence-corrected chi connectivity index (χ3v) is 4.06. The normalized spacial score (nSPS) is 17.0. The molecular weight excluding hydrogens is 280 g/mol. The van der Waals surface area contributed by atoms with Crippen LogP contribution in [0, 0.1) is 0 Å². The number of hydrogen-bond acceptors (Lipinski definition) is 5. The zero-order chi connectivity index (χ0) is 15.5. The summed E-state index contributed by atoms with van der Waals surface area (Å²) in [5.41, 5.74) is 1.97. The van der Waals surface area contributed by atoms with Crippen LogP contribution in [0.1, 0.15) is 23.0 Å². The van der Waals surface area contributed by atoms with Crippen molar-refractivity contribution in [2.45, 2.75) is 13.5 Å². The number of fused-ring (bicyclic) bond motifs is 1. The van der Waals surface area contributed by atoms with Crippen molar-refractivity contribution in [1.29, 1.82) is 0 Å². The molecule has 0 amide bonds. The van der Waals surface area contributed by atoms with Gasteiger partial charge in [-0.2, -0.15) is 0 Å². The predicted molar refractivity (Wildman–Crippen MR) is 84.9 cm³/mol. The lowest BCUT2D eigenvalue weighted by Gasteiger charge is -2.32. The fourth-order valence-electron chi connectivity index (χ4n) is 2.76. The Bertz CT molecular complexity index is 657. The van der Waals surface area contributed by atoms with E-state index in [0.29, 0.717) is 6.61 Å². The van der Waals surface area contributed by atoms with Crippen molar-refractivity contribution in [2.24, 2.45) is 0 Å². The van der Waals surface area contributed by atoms with Gasteiger partial charge in [-0.05, 0) is 37.7 Å². The Hall–Kier alpha value is -1.85. The first kappa shape index (κ1) is 15.1. The average Bonchev–Trinajstić information content (AvgIpc) is 2.93. The molecule has 118 valence electrons. The maximum Gasteiger partial charge on any atom is 0.374 e. The van der Waals surface area contributed by atoms with E-state index < -0.39 is 5.97 Å². The number of likely N-dealkylation sites (N-methyl/N-ethyl adjacent to an activating group) is 1. The van der Waals surface area contributed by atoms with Crippen LogP contribution >= 0.6 is 0 Å². The lowest BCUT2D eigenvalue weighted by Crippen LogP contribution is -2.43. The smallest absolute Gasteiger partial charge is 0.374 e. The third-order valence-electron chi connectivity index (χ3n) is 4.06. The van der Waals surface area contributed by atoms with E-state index in [0.717, 1.165) is 43.7 Å². The highest BCUT2D eigenvalue weighted by Gasteiger charge is 2.16. The van der Waals surface area contributed by atoms with Gasteiger partial charge in [0.25, 0.3) is 0 Å². The molecular formula is C17H22N2O3. The maximum absolute atomic E-state index is 11.7. The van der Waals surface area contributed by atoms with E-state index in [2.05, 4.69) is 29.0 Å². The van der Waals surface area contributed by atoms with Crippen molar-refractivity contribution >= 4 is 16.9 Å². The molecule has 0 spiro atoms. The molecule has 3 rings (SSSR count). The first-order chi connectivity index (χ1) is 10.7. The predicted octanol–water partition coefficient (Wildman–Crippen LogP) is 2.36.